The lowest BCUT2D eigenvalue weighted by molar-refractivity contribution is -0.0377. The molecule has 1 aromatic rings. The van der Waals surface area contributed by atoms with Crippen LogP contribution in [-0.2, 0) is 6.42 Å². The predicted molar refractivity (Wildman–Crippen MR) is 140 cm³/mol. The average molecular weight is 461 g/mol. The molecule has 2 saturated carbocycles. The number of aromatic hydroxyl groups is 1. The molecule has 0 spiro atoms. The summed E-state index contributed by atoms with van der Waals surface area (Å²) in [6, 6.07) is 5.99. The molecule has 3 N–H and O–H groups in total. The smallest absolute Gasteiger partial charge is 0.115 e. The maximum absolute atomic E-state index is 10.8. The van der Waals surface area contributed by atoms with Gasteiger partial charge in [0.05, 0.1) is 12.7 Å². The number of allylic oxidation sites excluding steroid dienone is 9. The maximum atomic E-state index is 10.8. The summed E-state index contributed by atoms with van der Waals surface area (Å²) in [7, 11) is 0. The highest BCUT2D eigenvalue weighted by Crippen LogP contribution is 2.62. The van der Waals surface area contributed by atoms with E-state index in [4.69, 9.17) is 5.11 Å². The van der Waals surface area contributed by atoms with E-state index in [0.29, 0.717) is 29.4 Å². The molecule has 1 aromatic carbocycles. The van der Waals surface area contributed by atoms with Crippen molar-refractivity contribution in [2.45, 2.75) is 64.4 Å². The van der Waals surface area contributed by atoms with Crippen LogP contribution >= 0.6 is 0 Å². The Labute approximate surface area is 204 Å². The van der Waals surface area contributed by atoms with Crippen LogP contribution in [0.1, 0.15) is 63.0 Å². The van der Waals surface area contributed by atoms with Crippen LogP contribution in [0, 0.1) is 23.2 Å². The molecule has 0 heterocycles. The van der Waals surface area contributed by atoms with Gasteiger partial charge in [0.15, 0.2) is 0 Å². The van der Waals surface area contributed by atoms with Crippen LogP contribution in [0.15, 0.2) is 78.5 Å². The number of aliphatic hydroxyl groups excluding tert-OH is 2. The monoisotopic (exact) mass is 460 g/mol. The van der Waals surface area contributed by atoms with Gasteiger partial charge in [-0.15, -0.1) is 0 Å². The summed E-state index contributed by atoms with van der Waals surface area (Å²) in [5.74, 6) is 2.63. The van der Waals surface area contributed by atoms with Crippen molar-refractivity contribution in [3.05, 3.63) is 89.6 Å². The van der Waals surface area contributed by atoms with E-state index in [9.17, 15) is 10.2 Å². The Bertz CT molecular complexity index is 998. The number of phenolic OH excluding ortho intramolecular Hbond substituents is 1. The third-order valence-electron chi connectivity index (χ3n) is 8.74. The number of hydrogen-bond acceptors (Lipinski definition) is 3. The zero-order valence-corrected chi connectivity index (χ0v) is 20.6. The molecule has 0 amide bonds. The summed E-state index contributed by atoms with van der Waals surface area (Å²) >= 11 is 0. The Balaban J connectivity index is 1.45. The van der Waals surface area contributed by atoms with E-state index in [2.05, 4.69) is 31.2 Å². The molecule has 3 aliphatic rings. The van der Waals surface area contributed by atoms with E-state index in [1.165, 1.54) is 11.1 Å². The number of phenols is 1. The van der Waals surface area contributed by atoms with Gasteiger partial charge in [-0.1, -0.05) is 73.2 Å². The SMILES string of the molecule is CC(/C=C/C=C/C=C/C=C/C[C@@H]1Cc2cc(O)ccc2C2CC[C@@]3(C)C(CC[C@@H]3O)C21)=C\CO. The Morgan fingerprint density at radius 3 is 2.62 bits per heavy atom. The van der Waals surface area contributed by atoms with E-state index >= 15 is 0 Å². The molecular formula is C31H40O3. The van der Waals surface area contributed by atoms with Gasteiger partial charge in [0.25, 0.3) is 0 Å². The first-order valence-corrected chi connectivity index (χ1v) is 12.9. The van der Waals surface area contributed by atoms with E-state index in [1.807, 2.05) is 49.4 Å². The first kappa shape index (κ1) is 24.8. The van der Waals surface area contributed by atoms with Crippen LogP contribution in [0.2, 0.25) is 0 Å². The van der Waals surface area contributed by atoms with Gasteiger partial charge in [0, 0.05) is 0 Å². The normalized spacial score (nSPS) is 33.8. The summed E-state index contributed by atoms with van der Waals surface area (Å²) in [5.41, 5.74) is 3.86. The molecule has 0 aliphatic heterocycles. The minimum absolute atomic E-state index is 0.0560. The topological polar surface area (TPSA) is 60.7 Å². The van der Waals surface area contributed by atoms with Crippen molar-refractivity contribution in [1.29, 1.82) is 0 Å². The summed E-state index contributed by atoms with van der Waals surface area (Å²) < 4.78 is 0. The second kappa shape index (κ2) is 10.9. The van der Waals surface area contributed by atoms with Crippen molar-refractivity contribution in [2.24, 2.45) is 23.2 Å². The number of aliphatic hydroxyl groups is 2. The van der Waals surface area contributed by atoms with Crippen molar-refractivity contribution in [3.63, 3.8) is 0 Å². The number of hydrogen-bond donors (Lipinski definition) is 3. The zero-order valence-electron chi connectivity index (χ0n) is 20.6. The fourth-order valence-electron chi connectivity index (χ4n) is 6.98. The van der Waals surface area contributed by atoms with E-state index in [-0.39, 0.29) is 18.1 Å². The molecule has 0 bridgehead atoms. The molecule has 3 unspecified atom stereocenters. The second-order valence-electron chi connectivity index (χ2n) is 10.7. The number of benzene rings is 1. The molecule has 34 heavy (non-hydrogen) atoms. The summed E-state index contributed by atoms with van der Waals surface area (Å²) in [6.07, 6.45) is 24.4. The lowest BCUT2D eigenvalue weighted by atomic mass is 9.52. The van der Waals surface area contributed by atoms with Gasteiger partial charge in [-0.2, -0.15) is 0 Å². The van der Waals surface area contributed by atoms with Crippen LogP contribution in [0.4, 0.5) is 0 Å². The van der Waals surface area contributed by atoms with E-state index in [0.717, 1.165) is 44.1 Å². The third-order valence-corrected chi connectivity index (χ3v) is 8.74. The molecule has 0 saturated heterocycles. The quantitative estimate of drug-likeness (QED) is 0.413. The molecule has 2 fully saturated rings. The minimum Gasteiger partial charge on any atom is -0.508 e. The lowest BCUT2D eigenvalue weighted by Crippen LogP contribution is -2.47. The molecule has 3 heteroatoms. The molecule has 6 atom stereocenters. The second-order valence-corrected chi connectivity index (χ2v) is 10.7. The fraction of sp³-hybridized carbons (Fsp3) is 0.484. The Kier molecular flexibility index (Phi) is 7.95. The van der Waals surface area contributed by atoms with Crippen molar-refractivity contribution in [3.8, 4) is 5.75 Å². The summed E-state index contributed by atoms with van der Waals surface area (Å²) in [5, 5.41) is 29.8. The van der Waals surface area contributed by atoms with Crippen LogP contribution in [0.3, 0.4) is 0 Å². The van der Waals surface area contributed by atoms with Crippen LogP contribution in [0.5, 0.6) is 5.75 Å². The van der Waals surface area contributed by atoms with Gasteiger partial charge < -0.3 is 15.3 Å². The molecule has 3 aliphatic carbocycles. The first-order chi connectivity index (χ1) is 16.4. The third kappa shape index (κ3) is 5.16. The summed E-state index contributed by atoms with van der Waals surface area (Å²) in [4.78, 5) is 0. The molecule has 3 nitrogen and oxygen atoms in total. The van der Waals surface area contributed by atoms with E-state index in [1.54, 1.807) is 6.08 Å². The molecular weight excluding hydrogens is 420 g/mol. The van der Waals surface area contributed by atoms with Gasteiger partial charge >= 0.3 is 0 Å². The largest absolute Gasteiger partial charge is 0.508 e. The zero-order chi connectivity index (χ0) is 24.1. The minimum atomic E-state index is -0.164. The van der Waals surface area contributed by atoms with Gasteiger partial charge in [-0.05, 0) is 97.8 Å². The van der Waals surface area contributed by atoms with Crippen molar-refractivity contribution < 1.29 is 15.3 Å². The van der Waals surface area contributed by atoms with Crippen LogP contribution < -0.4 is 0 Å². The van der Waals surface area contributed by atoms with Gasteiger partial charge in [-0.3, -0.25) is 0 Å². The highest BCUT2D eigenvalue weighted by molar-refractivity contribution is 5.41. The highest BCUT2D eigenvalue weighted by atomic mass is 16.3. The summed E-state index contributed by atoms with van der Waals surface area (Å²) in [6.45, 7) is 4.37. The van der Waals surface area contributed by atoms with Gasteiger partial charge in [-0.25, -0.2) is 0 Å². The number of fused-ring (bicyclic) bond motifs is 5. The van der Waals surface area contributed by atoms with Gasteiger partial charge in [0.2, 0.25) is 0 Å². The van der Waals surface area contributed by atoms with Crippen LogP contribution in [-0.4, -0.2) is 28.0 Å². The molecule has 4 rings (SSSR count). The predicted octanol–water partition coefficient (Wildman–Crippen LogP) is 6.39. The Morgan fingerprint density at radius 2 is 1.82 bits per heavy atom. The maximum Gasteiger partial charge on any atom is 0.115 e. The Hall–Kier alpha value is -2.36. The first-order valence-electron chi connectivity index (χ1n) is 12.9. The highest BCUT2D eigenvalue weighted by Gasteiger charge is 2.56. The van der Waals surface area contributed by atoms with Crippen molar-refractivity contribution in [2.75, 3.05) is 6.61 Å². The van der Waals surface area contributed by atoms with Crippen LogP contribution in [0.25, 0.3) is 0 Å². The average Bonchev–Trinajstić information content (AvgIpc) is 3.12. The van der Waals surface area contributed by atoms with Gasteiger partial charge in [0.1, 0.15) is 5.75 Å². The molecule has 0 aromatic heterocycles. The molecule has 0 radical (unpaired) electrons. The fourth-order valence-corrected chi connectivity index (χ4v) is 6.98. The van der Waals surface area contributed by atoms with E-state index < -0.39 is 0 Å². The van der Waals surface area contributed by atoms with Crippen molar-refractivity contribution >= 4 is 0 Å². The standard InChI is InChI=1S/C31H40O3/c1-22(17-19-32)10-8-6-4-3-5-7-9-11-23-20-24-21-25(33)12-13-26(24)27-16-18-31(2)28(30(23)27)14-15-29(31)34/h3-10,12-13,17,21,23,27-30,32-34H,11,14-16,18-20H2,1-2H3/b5-3+,6-4+,9-7+,10-8+,22-17+/t23-,27?,28?,29+,30?,31+/m1/s1. The lowest BCUT2D eigenvalue weighted by Gasteiger charge is -2.53. The molecule has 182 valence electrons. The Morgan fingerprint density at radius 1 is 1.06 bits per heavy atom. The number of rotatable bonds is 7. The van der Waals surface area contributed by atoms with Crippen molar-refractivity contribution in [1.82, 2.24) is 0 Å².